The van der Waals surface area contributed by atoms with E-state index in [4.69, 9.17) is 4.74 Å². The number of nitrogens with zero attached hydrogens (tertiary/aromatic N) is 1. The smallest absolute Gasteiger partial charge is 0.232 e. The summed E-state index contributed by atoms with van der Waals surface area (Å²) >= 11 is 0. The Morgan fingerprint density at radius 2 is 1.97 bits per heavy atom. The average molecular weight is 414 g/mol. The van der Waals surface area contributed by atoms with Crippen molar-refractivity contribution in [3.63, 3.8) is 0 Å². The highest BCUT2D eigenvalue weighted by Crippen LogP contribution is 2.40. The lowest BCUT2D eigenvalue weighted by Gasteiger charge is -2.12. The van der Waals surface area contributed by atoms with Crippen LogP contribution in [0.2, 0.25) is 0 Å². The van der Waals surface area contributed by atoms with Gasteiger partial charge in [0.05, 0.1) is 41.6 Å². The van der Waals surface area contributed by atoms with Crippen LogP contribution in [0, 0.1) is 5.92 Å². The molecule has 0 fully saturated rings. The zero-order valence-corrected chi connectivity index (χ0v) is 17.3. The van der Waals surface area contributed by atoms with Crippen LogP contribution < -0.4 is 14.8 Å². The van der Waals surface area contributed by atoms with E-state index < -0.39 is 10.0 Å². The zero-order chi connectivity index (χ0) is 20.9. The Labute approximate surface area is 168 Å². The average Bonchev–Trinajstić information content (AvgIpc) is 3.16. The highest BCUT2D eigenvalue weighted by atomic mass is 32.2. The summed E-state index contributed by atoms with van der Waals surface area (Å²) < 4.78 is 30.8. The summed E-state index contributed by atoms with van der Waals surface area (Å²) in [6, 6.07) is 8.85. The SMILES string of the molecule is COc1cc(NS(C)(=O)=O)ccc1-c1nc2cc3c(cc2[nH]1)NC(=O)C3C(C)C. The molecule has 1 unspecified atom stereocenters. The number of amides is 1. The molecule has 2 aromatic carbocycles. The van der Waals surface area contributed by atoms with Crippen LogP contribution in [-0.4, -0.2) is 37.7 Å². The van der Waals surface area contributed by atoms with Gasteiger partial charge in [-0.25, -0.2) is 13.4 Å². The second-order valence-corrected chi connectivity index (χ2v) is 9.29. The van der Waals surface area contributed by atoms with Crippen molar-refractivity contribution in [2.24, 2.45) is 5.92 Å². The van der Waals surface area contributed by atoms with E-state index in [1.54, 1.807) is 18.2 Å². The molecule has 1 amide bonds. The van der Waals surface area contributed by atoms with Gasteiger partial charge in [0.15, 0.2) is 0 Å². The fourth-order valence-corrected chi connectivity index (χ4v) is 4.30. The molecule has 1 aliphatic rings. The molecule has 3 N–H and O–H groups in total. The molecule has 1 aliphatic heterocycles. The van der Waals surface area contributed by atoms with Crippen LogP contribution in [0.3, 0.4) is 0 Å². The van der Waals surface area contributed by atoms with E-state index >= 15 is 0 Å². The molecule has 9 heteroatoms. The summed E-state index contributed by atoms with van der Waals surface area (Å²) in [5.41, 5.74) is 4.41. The zero-order valence-electron chi connectivity index (χ0n) is 16.5. The Kier molecular flexibility index (Phi) is 4.49. The number of fused-ring (bicyclic) bond motifs is 2. The van der Waals surface area contributed by atoms with Crippen molar-refractivity contribution in [3.8, 4) is 17.1 Å². The molecule has 0 spiro atoms. The van der Waals surface area contributed by atoms with Gasteiger partial charge < -0.3 is 15.0 Å². The molecule has 1 aromatic heterocycles. The predicted octanol–water partition coefficient (Wildman–Crippen LogP) is 3.30. The first kappa shape index (κ1) is 19.3. The Morgan fingerprint density at radius 1 is 1.21 bits per heavy atom. The van der Waals surface area contributed by atoms with Crippen LogP contribution in [0.1, 0.15) is 25.3 Å². The molecule has 8 nitrogen and oxygen atoms in total. The Bertz CT molecular complexity index is 1230. The second-order valence-electron chi connectivity index (χ2n) is 7.54. The van der Waals surface area contributed by atoms with Crippen molar-refractivity contribution < 1.29 is 17.9 Å². The van der Waals surface area contributed by atoms with Gasteiger partial charge in [-0.1, -0.05) is 13.8 Å². The normalized spacial score (nSPS) is 16.2. The van der Waals surface area contributed by atoms with Crippen LogP contribution in [0.4, 0.5) is 11.4 Å². The van der Waals surface area contributed by atoms with Crippen LogP contribution in [0.25, 0.3) is 22.4 Å². The quantitative estimate of drug-likeness (QED) is 0.593. The highest BCUT2D eigenvalue weighted by molar-refractivity contribution is 7.92. The monoisotopic (exact) mass is 414 g/mol. The first-order chi connectivity index (χ1) is 13.7. The lowest BCUT2D eigenvalue weighted by Crippen LogP contribution is -2.16. The Balaban J connectivity index is 1.77. The first-order valence-electron chi connectivity index (χ1n) is 9.17. The molecule has 0 bridgehead atoms. The van der Waals surface area contributed by atoms with Gasteiger partial charge in [-0.2, -0.15) is 0 Å². The molecule has 0 aliphatic carbocycles. The summed E-state index contributed by atoms with van der Waals surface area (Å²) in [6.45, 7) is 4.05. The number of nitrogens with one attached hydrogen (secondary N) is 3. The van der Waals surface area contributed by atoms with Gasteiger partial charge in [-0.05, 0) is 35.7 Å². The largest absolute Gasteiger partial charge is 0.496 e. The number of hydrogen-bond acceptors (Lipinski definition) is 5. The molecule has 0 radical (unpaired) electrons. The molecular weight excluding hydrogens is 392 g/mol. The van der Waals surface area contributed by atoms with Crippen molar-refractivity contribution in [1.82, 2.24) is 9.97 Å². The van der Waals surface area contributed by atoms with Crippen LogP contribution in [-0.2, 0) is 14.8 Å². The van der Waals surface area contributed by atoms with E-state index in [0.29, 0.717) is 22.8 Å². The van der Waals surface area contributed by atoms with Gasteiger partial charge in [-0.15, -0.1) is 0 Å². The maximum absolute atomic E-state index is 12.3. The van der Waals surface area contributed by atoms with E-state index in [1.165, 1.54) is 7.11 Å². The number of hydrogen-bond donors (Lipinski definition) is 3. The molecule has 29 heavy (non-hydrogen) atoms. The van der Waals surface area contributed by atoms with E-state index in [2.05, 4.69) is 20.0 Å². The van der Waals surface area contributed by atoms with E-state index in [1.807, 2.05) is 26.0 Å². The first-order valence-corrected chi connectivity index (χ1v) is 11.1. The summed E-state index contributed by atoms with van der Waals surface area (Å²) in [4.78, 5) is 20.2. The number of carbonyl (C=O) groups excluding carboxylic acids is 1. The minimum absolute atomic E-state index is 0.0125. The lowest BCUT2D eigenvalue weighted by atomic mass is 9.89. The number of anilines is 2. The summed E-state index contributed by atoms with van der Waals surface area (Å²) in [7, 11) is -1.87. The number of benzene rings is 2. The number of rotatable bonds is 5. The van der Waals surface area contributed by atoms with Crippen molar-refractivity contribution in [3.05, 3.63) is 35.9 Å². The van der Waals surface area contributed by atoms with Crippen LogP contribution >= 0.6 is 0 Å². The Hall–Kier alpha value is -3.07. The minimum atomic E-state index is -3.39. The van der Waals surface area contributed by atoms with Crippen LogP contribution in [0.15, 0.2) is 30.3 Å². The number of aromatic amines is 1. The number of methoxy groups -OCH3 is 1. The molecular formula is C20H22N4O4S. The van der Waals surface area contributed by atoms with Gasteiger partial charge in [0, 0.05) is 11.8 Å². The van der Waals surface area contributed by atoms with Crippen molar-refractivity contribution in [2.45, 2.75) is 19.8 Å². The minimum Gasteiger partial charge on any atom is -0.496 e. The van der Waals surface area contributed by atoms with E-state index in [0.717, 1.165) is 28.5 Å². The van der Waals surface area contributed by atoms with Gasteiger partial charge in [0.2, 0.25) is 15.9 Å². The fraction of sp³-hybridized carbons (Fsp3) is 0.300. The highest BCUT2D eigenvalue weighted by Gasteiger charge is 2.33. The third-order valence-electron chi connectivity index (χ3n) is 4.96. The lowest BCUT2D eigenvalue weighted by molar-refractivity contribution is -0.117. The third-order valence-corrected chi connectivity index (χ3v) is 5.56. The number of carbonyl (C=O) groups is 1. The van der Waals surface area contributed by atoms with Crippen molar-refractivity contribution in [1.29, 1.82) is 0 Å². The number of sulfonamides is 1. The molecule has 4 rings (SSSR count). The number of imidazole rings is 1. The van der Waals surface area contributed by atoms with Crippen molar-refractivity contribution >= 4 is 38.3 Å². The summed E-state index contributed by atoms with van der Waals surface area (Å²) in [6.07, 6.45) is 1.09. The standard InChI is InChI=1S/C20H22N4O4S/c1-10(2)18-13-8-15-16(9-14(13)23-20(18)25)22-19(21-15)12-6-5-11(7-17(12)28-3)24-29(4,26)27/h5-10,18,24H,1-4H3,(H,21,22)(H,23,25). The molecule has 0 saturated carbocycles. The number of H-pyrrole nitrogens is 1. The topological polar surface area (TPSA) is 113 Å². The van der Waals surface area contributed by atoms with Crippen LogP contribution in [0.5, 0.6) is 5.75 Å². The van der Waals surface area contributed by atoms with Crippen molar-refractivity contribution in [2.75, 3.05) is 23.4 Å². The number of ether oxygens (including phenoxy) is 1. The van der Waals surface area contributed by atoms with Gasteiger partial charge in [0.1, 0.15) is 11.6 Å². The molecule has 1 atom stereocenters. The fourth-order valence-electron chi connectivity index (χ4n) is 3.74. The predicted molar refractivity (Wildman–Crippen MR) is 113 cm³/mol. The van der Waals surface area contributed by atoms with E-state index in [9.17, 15) is 13.2 Å². The van der Waals surface area contributed by atoms with Gasteiger partial charge in [-0.3, -0.25) is 9.52 Å². The maximum Gasteiger partial charge on any atom is 0.232 e. The summed E-state index contributed by atoms with van der Waals surface area (Å²) in [5, 5.41) is 2.95. The van der Waals surface area contributed by atoms with E-state index in [-0.39, 0.29) is 17.7 Å². The third kappa shape index (κ3) is 3.53. The molecule has 2 heterocycles. The molecule has 0 saturated heterocycles. The Morgan fingerprint density at radius 3 is 2.62 bits per heavy atom. The number of aromatic nitrogens is 2. The molecule has 152 valence electrons. The van der Waals surface area contributed by atoms with Gasteiger partial charge in [0.25, 0.3) is 0 Å². The maximum atomic E-state index is 12.3. The second kappa shape index (κ2) is 6.77. The summed E-state index contributed by atoms with van der Waals surface area (Å²) in [5.74, 6) is 1.09. The molecule has 3 aromatic rings. The van der Waals surface area contributed by atoms with Gasteiger partial charge >= 0.3 is 0 Å².